The lowest BCUT2D eigenvalue weighted by atomic mass is 9.96. The number of hydrogen-bond donors (Lipinski definition) is 1. The number of aromatic nitrogens is 3. The van der Waals surface area contributed by atoms with E-state index in [9.17, 15) is 4.79 Å². The molecule has 1 aromatic heterocycles. The number of carbonyl (C=O) groups is 1. The summed E-state index contributed by atoms with van der Waals surface area (Å²) in [6.07, 6.45) is 2.21. The van der Waals surface area contributed by atoms with Crippen LogP contribution < -0.4 is 10.1 Å². The molecule has 4 rings (SSSR count). The third kappa shape index (κ3) is 6.08. The molecule has 2 aromatic carbocycles. The van der Waals surface area contributed by atoms with Crippen molar-refractivity contribution < 1.29 is 14.3 Å². The lowest BCUT2D eigenvalue weighted by Gasteiger charge is -2.28. The fraction of sp³-hybridized carbons (Fsp3) is 0.346. The van der Waals surface area contributed by atoms with Gasteiger partial charge in [0.05, 0.1) is 12.2 Å². The maximum Gasteiger partial charge on any atom is 0.338 e. The number of fused-ring (bicyclic) bond motifs is 1. The molecule has 7 nitrogen and oxygen atoms in total. The van der Waals surface area contributed by atoms with Gasteiger partial charge in [-0.15, -0.1) is 5.10 Å². The summed E-state index contributed by atoms with van der Waals surface area (Å²) in [5, 5.41) is 8.68. The number of hydrogen-bond acceptors (Lipinski definition) is 7. The van der Waals surface area contributed by atoms with Crippen LogP contribution in [0.5, 0.6) is 5.75 Å². The van der Waals surface area contributed by atoms with Crippen molar-refractivity contribution in [2.75, 3.05) is 17.7 Å². The number of nitrogens with one attached hydrogen (secondary N) is 1. The summed E-state index contributed by atoms with van der Waals surface area (Å²) in [5.41, 5.74) is 3.22. The second-order valence-electron chi connectivity index (χ2n) is 8.14. The Morgan fingerprint density at radius 2 is 2.00 bits per heavy atom. The molecule has 9 heteroatoms. The summed E-state index contributed by atoms with van der Waals surface area (Å²) >= 11 is 5.11. The normalized spacial score (nSPS) is 14.9. The summed E-state index contributed by atoms with van der Waals surface area (Å²) < 4.78 is 14.2. The summed E-state index contributed by atoms with van der Waals surface area (Å²) in [7, 11) is 0. The zero-order chi connectivity index (χ0) is 24.8. The highest BCUT2D eigenvalue weighted by Crippen LogP contribution is 2.37. The van der Waals surface area contributed by atoms with Crippen molar-refractivity contribution in [1.82, 2.24) is 14.8 Å². The number of benzene rings is 2. The molecule has 184 valence electrons. The van der Waals surface area contributed by atoms with Crippen LogP contribution in [0.15, 0.2) is 69.4 Å². The molecule has 3 aromatic rings. The first kappa shape index (κ1) is 25.3. The molecule has 0 amide bonds. The minimum Gasteiger partial charge on any atom is -0.489 e. The van der Waals surface area contributed by atoms with Crippen LogP contribution in [0.25, 0.3) is 0 Å². The second-order valence-corrected chi connectivity index (χ2v) is 10.1. The minimum atomic E-state index is -0.447. The fourth-order valence-corrected chi connectivity index (χ4v) is 5.18. The molecule has 0 aliphatic carbocycles. The first-order chi connectivity index (χ1) is 17.0. The molecule has 1 aliphatic rings. The molecular formula is C26H29BrN4O3S. The van der Waals surface area contributed by atoms with Crippen LogP contribution in [0.2, 0.25) is 0 Å². The fourth-order valence-electron chi connectivity index (χ4n) is 3.82. The average Bonchev–Trinajstić information content (AvgIpc) is 3.25. The van der Waals surface area contributed by atoms with Crippen LogP contribution in [0, 0.1) is 0 Å². The van der Waals surface area contributed by atoms with Gasteiger partial charge in [-0.1, -0.05) is 65.3 Å². The van der Waals surface area contributed by atoms with Gasteiger partial charge < -0.3 is 14.8 Å². The van der Waals surface area contributed by atoms with E-state index in [1.165, 1.54) is 0 Å². The number of rotatable bonds is 10. The van der Waals surface area contributed by atoms with E-state index in [-0.39, 0.29) is 5.97 Å². The van der Waals surface area contributed by atoms with E-state index < -0.39 is 6.04 Å². The van der Waals surface area contributed by atoms with Gasteiger partial charge in [0, 0.05) is 15.9 Å². The van der Waals surface area contributed by atoms with Gasteiger partial charge >= 0.3 is 5.97 Å². The molecule has 0 bridgehead atoms. The summed E-state index contributed by atoms with van der Waals surface area (Å²) in [6, 6.07) is 15.3. The smallest absolute Gasteiger partial charge is 0.338 e. The minimum absolute atomic E-state index is 0.299. The zero-order valence-corrected chi connectivity index (χ0v) is 22.5. The van der Waals surface area contributed by atoms with E-state index in [0.29, 0.717) is 35.6 Å². The molecule has 1 aliphatic heterocycles. The van der Waals surface area contributed by atoms with Crippen molar-refractivity contribution in [1.29, 1.82) is 0 Å². The van der Waals surface area contributed by atoms with Gasteiger partial charge in [-0.05, 0) is 55.7 Å². The predicted molar refractivity (Wildman–Crippen MR) is 142 cm³/mol. The average molecular weight is 558 g/mol. The lowest BCUT2D eigenvalue weighted by molar-refractivity contribution is -0.139. The van der Waals surface area contributed by atoms with Crippen molar-refractivity contribution in [3.05, 3.63) is 75.4 Å². The van der Waals surface area contributed by atoms with E-state index in [0.717, 1.165) is 39.9 Å². The van der Waals surface area contributed by atoms with Gasteiger partial charge in [0.2, 0.25) is 11.1 Å². The molecule has 0 saturated carbocycles. The number of thioether (sulfide) groups is 1. The zero-order valence-electron chi connectivity index (χ0n) is 20.1. The predicted octanol–water partition coefficient (Wildman–Crippen LogP) is 6.36. The highest BCUT2D eigenvalue weighted by atomic mass is 79.9. The Morgan fingerprint density at radius 1 is 1.20 bits per heavy atom. The number of carbonyl (C=O) groups excluding carboxylic acids is 1. The Balaban J connectivity index is 1.61. The number of esters is 1. The van der Waals surface area contributed by atoms with Gasteiger partial charge in [-0.2, -0.15) is 4.98 Å². The number of nitrogens with zero attached hydrogens (tertiary/aromatic N) is 3. The van der Waals surface area contributed by atoms with Gasteiger partial charge in [0.1, 0.15) is 18.4 Å². The number of anilines is 1. The van der Waals surface area contributed by atoms with Crippen molar-refractivity contribution in [2.45, 2.75) is 51.4 Å². The monoisotopic (exact) mass is 556 g/mol. The van der Waals surface area contributed by atoms with E-state index >= 15 is 0 Å². The maximum atomic E-state index is 13.0. The molecule has 0 saturated heterocycles. The van der Waals surface area contributed by atoms with Crippen molar-refractivity contribution in [2.24, 2.45) is 0 Å². The molecule has 0 radical (unpaired) electrons. The summed E-state index contributed by atoms with van der Waals surface area (Å²) in [4.78, 5) is 17.6. The number of unbranched alkanes of at least 4 members (excludes halogenated alkanes) is 1. The molecule has 2 heterocycles. The third-order valence-electron chi connectivity index (χ3n) is 5.55. The van der Waals surface area contributed by atoms with Crippen LogP contribution >= 0.6 is 27.7 Å². The van der Waals surface area contributed by atoms with E-state index in [4.69, 9.17) is 14.6 Å². The van der Waals surface area contributed by atoms with Crippen LogP contribution in [-0.4, -0.2) is 33.1 Å². The summed E-state index contributed by atoms with van der Waals surface area (Å²) in [6.45, 7) is 6.60. The topological polar surface area (TPSA) is 78.3 Å². The van der Waals surface area contributed by atoms with Gasteiger partial charge in [-0.25, -0.2) is 9.48 Å². The van der Waals surface area contributed by atoms with Gasteiger partial charge in [-0.3, -0.25) is 0 Å². The quantitative estimate of drug-likeness (QED) is 0.177. The molecule has 1 unspecified atom stereocenters. The Kier molecular flexibility index (Phi) is 8.51. The van der Waals surface area contributed by atoms with E-state index in [1.54, 1.807) is 23.4 Å². The molecule has 35 heavy (non-hydrogen) atoms. The first-order valence-electron chi connectivity index (χ1n) is 11.7. The Morgan fingerprint density at radius 3 is 2.71 bits per heavy atom. The van der Waals surface area contributed by atoms with Crippen molar-refractivity contribution in [3.8, 4) is 5.75 Å². The van der Waals surface area contributed by atoms with Crippen LogP contribution in [0.1, 0.15) is 50.8 Å². The molecule has 0 spiro atoms. The number of halogens is 1. The van der Waals surface area contributed by atoms with Crippen molar-refractivity contribution in [3.63, 3.8) is 0 Å². The Hall–Kier alpha value is -2.78. The SMILES string of the molecule is CCCCSc1nc2n(n1)C(c1ccc(OCc3cccc(Br)c3)cc1)C(C(=O)OCC)=C(C)N2. The highest BCUT2D eigenvalue weighted by Gasteiger charge is 2.35. The van der Waals surface area contributed by atoms with Crippen LogP contribution in [-0.2, 0) is 16.1 Å². The molecule has 0 fully saturated rings. The van der Waals surface area contributed by atoms with E-state index in [2.05, 4.69) is 33.2 Å². The molecule has 1 N–H and O–H groups in total. The Bertz CT molecular complexity index is 1210. The van der Waals surface area contributed by atoms with E-state index in [1.807, 2.05) is 55.5 Å². The van der Waals surface area contributed by atoms with Gasteiger partial charge in [0.15, 0.2) is 0 Å². The number of ether oxygens (including phenoxy) is 2. The van der Waals surface area contributed by atoms with Gasteiger partial charge in [0.25, 0.3) is 0 Å². The van der Waals surface area contributed by atoms with Crippen LogP contribution in [0.4, 0.5) is 5.95 Å². The largest absolute Gasteiger partial charge is 0.489 e. The maximum absolute atomic E-state index is 13.0. The Labute approximate surface area is 218 Å². The second kappa shape index (κ2) is 11.8. The summed E-state index contributed by atoms with van der Waals surface area (Å²) in [5.74, 6) is 1.95. The standard InChI is InChI=1S/C26H29BrN4O3S/c1-4-6-14-35-26-29-25-28-17(3)22(24(32)33-5-2)23(31(25)30-26)19-10-12-21(13-11-19)34-16-18-8-7-9-20(27)15-18/h7-13,15,23H,4-6,14,16H2,1-3H3,(H,28,29,30). The molecule has 1 atom stereocenters. The van der Waals surface area contributed by atoms with Crippen molar-refractivity contribution >= 4 is 39.6 Å². The third-order valence-corrected chi connectivity index (χ3v) is 6.97. The highest BCUT2D eigenvalue weighted by molar-refractivity contribution is 9.10. The molecular weight excluding hydrogens is 528 g/mol. The lowest BCUT2D eigenvalue weighted by Crippen LogP contribution is -2.29. The number of allylic oxidation sites excluding steroid dienone is 1. The van der Waals surface area contributed by atoms with Crippen LogP contribution in [0.3, 0.4) is 0 Å². The first-order valence-corrected chi connectivity index (χ1v) is 13.5.